The second-order valence-corrected chi connectivity index (χ2v) is 4.15. The monoisotopic (exact) mass is 266 g/mol. The molecule has 0 bridgehead atoms. The summed E-state index contributed by atoms with van der Waals surface area (Å²) in [6, 6.07) is 4.94. The number of amides is 2. The van der Waals surface area contributed by atoms with Crippen LogP contribution in [-0.2, 0) is 9.59 Å². The van der Waals surface area contributed by atoms with Gasteiger partial charge in [-0.1, -0.05) is 0 Å². The van der Waals surface area contributed by atoms with E-state index in [2.05, 4.69) is 5.32 Å². The SMILES string of the molecule is COc1ccc(N)cc1NC(=O)CN(C)CC(N)=O. The third kappa shape index (κ3) is 4.84. The van der Waals surface area contributed by atoms with E-state index in [1.165, 1.54) is 12.0 Å². The van der Waals surface area contributed by atoms with Crippen LogP contribution in [0.4, 0.5) is 11.4 Å². The number of hydrogen-bond acceptors (Lipinski definition) is 5. The number of nitrogens with one attached hydrogen (secondary N) is 1. The van der Waals surface area contributed by atoms with E-state index in [4.69, 9.17) is 16.2 Å². The zero-order valence-corrected chi connectivity index (χ0v) is 11.0. The Labute approximate surface area is 111 Å². The number of likely N-dealkylation sites (N-methyl/N-ethyl adjacent to an activating group) is 1. The fraction of sp³-hybridized carbons (Fsp3) is 0.333. The minimum Gasteiger partial charge on any atom is -0.495 e. The summed E-state index contributed by atoms with van der Waals surface area (Å²) < 4.78 is 5.11. The van der Waals surface area contributed by atoms with E-state index in [1.54, 1.807) is 25.2 Å². The van der Waals surface area contributed by atoms with Gasteiger partial charge in [-0.05, 0) is 25.2 Å². The highest BCUT2D eigenvalue weighted by Gasteiger charge is 2.11. The second-order valence-electron chi connectivity index (χ2n) is 4.15. The molecule has 2 amide bonds. The molecule has 0 saturated heterocycles. The van der Waals surface area contributed by atoms with Crippen molar-refractivity contribution < 1.29 is 14.3 Å². The maximum Gasteiger partial charge on any atom is 0.238 e. The molecule has 1 aromatic rings. The lowest BCUT2D eigenvalue weighted by molar-refractivity contribution is -0.120. The van der Waals surface area contributed by atoms with Crippen LogP contribution in [-0.4, -0.2) is 44.0 Å². The maximum atomic E-state index is 11.8. The fourth-order valence-electron chi connectivity index (χ4n) is 1.58. The molecule has 5 N–H and O–H groups in total. The number of hydrogen-bond donors (Lipinski definition) is 3. The van der Waals surface area contributed by atoms with E-state index < -0.39 is 5.91 Å². The minimum atomic E-state index is -0.489. The number of nitrogens with two attached hydrogens (primary N) is 2. The third-order valence-corrected chi connectivity index (χ3v) is 2.34. The van der Waals surface area contributed by atoms with Gasteiger partial charge in [0.05, 0.1) is 25.9 Å². The van der Waals surface area contributed by atoms with Crippen LogP contribution < -0.4 is 21.5 Å². The Morgan fingerprint density at radius 2 is 2.05 bits per heavy atom. The number of benzene rings is 1. The van der Waals surface area contributed by atoms with Gasteiger partial charge in [0.1, 0.15) is 5.75 Å². The highest BCUT2D eigenvalue weighted by Crippen LogP contribution is 2.26. The molecular formula is C12H18N4O3. The van der Waals surface area contributed by atoms with Crippen LogP contribution in [0.3, 0.4) is 0 Å². The predicted octanol–water partition coefficient (Wildman–Crippen LogP) is -0.367. The molecule has 0 spiro atoms. The van der Waals surface area contributed by atoms with Crippen LogP contribution in [0, 0.1) is 0 Å². The Morgan fingerprint density at radius 1 is 1.37 bits per heavy atom. The molecule has 1 aromatic carbocycles. The number of anilines is 2. The van der Waals surface area contributed by atoms with Crippen LogP contribution >= 0.6 is 0 Å². The van der Waals surface area contributed by atoms with E-state index in [-0.39, 0.29) is 19.0 Å². The highest BCUT2D eigenvalue weighted by molar-refractivity contribution is 5.94. The largest absolute Gasteiger partial charge is 0.495 e. The molecule has 19 heavy (non-hydrogen) atoms. The number of primary amides is 1. The lowest BCUT2D eigenvalue weighted by Crippen LogP contribution is -2.36. The van der Waals surface area contributed by atoms with Gasteiger partial charge >= 0.3 is 0 Å². The van der Waals surface area contributed by atoms with Gasteiger partial charge in [-0.15, -0.1) is 0 Å². The molecule has 1 rings (SSSR count). The summed E-state index contributed by atoms with van der Waals surface area (Å²) in [6.45, 7) is 0.0579. The number of rotatable bonds is 6. The van der Waals surface area contributed by atoms with Gasteiger partial charge in [0.25, 0.3) is 0 Å². The van der Waals surface area contributed by atoms with Gasteiger partial charge < -0.3 is 21.5 Å². The Hall–Kier alpha value is -2.28. The van der Waals surface area contributed by atoms with E-state index >= 15 is 0 Å². The van der Waals surface area contributed by atoms with Crippen molar-refractivity contribution in [3.05, 3.63) is 18.2 Å². The number of carbonyl (C=O) groups excluding carboxylic acids is 2. The predicted molar refractivity (Wildman–Crippen MR) is 72.7 cm³/mol. The molecule has 0 saturated carbocycles. The van der Waals surface area contributed by atoms with Crippen molar-refractivity contribution in [1.29, 1.82) is 0 Å². The zero-order chi connectivity index (χ0) is 14.4. The van der Waals surface area contributed by atoms with Crippen LogP contribution in [0.2, 0.25) is 0 Å². The van der Waals surface area contributed by atoms with Crippen molar-refractivity contribution in [1.82, 2.24) is 4.90 Å². The van der Waals surface area contributed by atoms with Gasteiger partial charge in [-0.25, -0.2) is 0 Å². The minimum absolute atomic E-state index is 0.0154. The maximum absolute atomic E-state index is 11.8. The molecule has 0 aliphatic rings. The summed E-state index contributed by atoms with van der Waals surface area (Å²) in [4.78, 5) is 24.0. The van der Waals surface area contributed by atoms with Crippen LogP contribution in [0.15, 0.2) is 18.2 Å². The summed E-state index contributed by atoms with van der Waals surface area (Å²) in [6.07, 6.45) is 0. The first-order valence-corrected chi connectivity index (χ1v) is 5.62. The molecule has 104 valence electrons. The summed E-state index contributed by atoms with van der Waals surface area (Å²) in [5.74, 6) is -0.260. The average Bonchev–Trinajstić information content (AvgIpc) is 2.27. The van der Waals surface area contributed by atoms with E-state index in [9.17, 15) is 9.59 Å². The van der Waals surface area contributed by atoms with Crippen molar-refractivity contribution in [2.24, 2.45) is 5.73 Å². The molecule has 0 heterocycles. The summed E-state index contributed by atoms with van der Waals surface area (Å²) in [7, 11) is 3.13. The summed E-state index contributed by atoms with van der Waals surface area (Å²) in [5.41, 5.74) is 11.7. The van der Waals surface area contributed by atoms with E-state index in [1.807, 2.05) is 0 Å². The molecule has 0 radical (unpaired) electrons. The first kappa shape index (κ1) is 14.8. The Bertz CT molecular complexity index is 476. The van der Waals surface area contributed by atoms with Crippen molar-refractivity contribution in [3.63, 3.8) is 0 Å². The van der Waals surface area contributed by atoms with E-state index in [0.717, 1.165) is 0 Å². The van der Waals surface area contributed by atoms with Gasteiger partial charge in [-0.2, -0.15) is 0 Å². The van der Waals surface area contributed by atoms with Crippen molar-refractivity contribution >= 4 is 23.2 Å². The number of carbonyl (C=O) groups is 2. The Kier molecular flexibility index (Phi) is 5.13. The Morgan fingerprint density at radius 3 is 2.63 bits per heavy atom. The number of ether oxygens (including phenoxy) is 1. The molecule has 7 nitrogen and oxygen atoms in total. The van der Waals surface area contributed by atoms with Crippen LogP contribution in [0.5, 0.6) is 5.75 Å². The molecule has 0 atom stereocenters. The van der Waals surface area contributed by atoms with Gasteiger partial charge in [-0.3, -0.25) is 14.5 Å². The summed E-state index contributed by atoms with van der Waals surface area (Å²) >= 11 is 0. The lowest BCUT2D eigenvalue weighted by Gasteiger charge is -2.15. The fourth-order valence-corrected chi connectivity index (χ4v) is 1.58. The number of nitrogens with zero attached hydrogens (tertiary/aromatic N) is 1. The van der Waals surface area contributed by atoms with Gasteiger partial charge in [0.15, 0.2) is 0 Å². The number of nitrogen functional groups attached to an aromatic ring is 1. The molecule has 0 aliphatic carbocycles. The van der Waals surface area contributed by atoms with Gasteiger partial charge in [0.2, 0.25) is 11.8 Å². The van der Waals surface area contributed by atoms with Gasteiger partial charge in [0, 0.05) is 5.69 Å². The van der Waals surface area contributed by atoms with E-state index in [0.29, 0.717) is 17.1 Å². The Balaban J connectivity index is 2.66. The first-order valence-electron chi connectivity index (χ1n) is 5.62. The van der Waals surface area contributed by atoms with Crippen molar-refractivity contribution in [3.8, 4) is 5.75 Å². The molecule has 0 aliphatic heterocycles. The number of methoxy groups -OCH3 is 1. The topological polar surface area (TPSA) is 111 Å². The molecule has 7 heteroatoms. The summed E-state index contributed by atoms with van der Waals surface area (Å²) in [5, 5.41) is 2.67. The average molecular weight is 266 g/mol. The van der Waals surface area contributed by atoms with Crippen LogP contribution in [0.25, 0.3) is 0 Å². The smallest absolute Gasteiger partial charge is 0.238 e. The molecular weight excluding hydrogens is 248 g/mol. The van der Waals surface area contributed by atoms with Crippen LogP contribution in [0.1, 0.15) is 0 Å². The first-order chi connectivity index (χ1) is 8.92. The molecule has 0 unspecified atom stereocenters. The molecule has 0 fully saturated rings. The lowest BCUT2D eigenvalue weighted by atomic mass is 10.2. The molecule has 0 aromatic heterocycles. The third-order valence-electron chi connectivity index (χ3n) is 2.34. The van der Waals surface area contributed by atoms with Crippen molar-refractivity contribution in [2.75, 3.05) is 38.3 Å². The zero-order valence-electron chi connectivity index (χ0n) is 11.0. The quantitative estimate of drug-likeness (QED) is 0.608. The second kappa shape index (κ2) is 6.60. The van der Waals surface area contributed by atoms with Crippen molar-refractivity contribution in [2.45, 2.75) is 0 Å². The standard InChI is InChI=1S/C12H18N4O3/c1-16(6-11(14)17)7-12(18)15-9-5-8(13)3-4-10(9)19-2/h3-5H,6-7,13H2,1-2H3,(H2,14,17)(H,15,18). The highest BCUT2D eigenvalue weighted by atomic mass is 16.5. The normalized spacial score (nSPS) is 10.3.